The average molecular weight is 451 g/mol. The molecular weight excluding hydrogens is 424 g/mol. The lowest BCUT2D eigenvalue weighted by molar-refractivity contribution is -0.129. The van der Waals surface area contributed by atoms with Gasteiger partial charge in [0.25, 0.3) is 0 Å². The fourth-order valence-electron chi connectivity index (χ4n) is 4.04. The van der Waals surface area contributed by atoms with Gasteiger partial charge in [-0.3, -0.25) is 9.89 Å². The molecule has 0 aliphatic rings. The Bertz CT molecular complexity index is 1260. The summed E-state index contributed by atoms with van der Waals surface area (Å²) in [4.78, 5) is 17.9. The van der Waals surface area contributed by atoms with E-state index in [1.807, 2.05) is 32.2 Å². The highest BCUT2D eigenvalue weighted by molar-refractivity contribution is 6.27. The Kier molecular flexibility index (Phi) is 6.02. The maximum Gasteiger partial charge on any atom is 0.237 e. The lowest BCUT2D eigenvalue weighted by Gasteiger charge is -2.24. The molecule has 4 aromatic rings. The van der Waals surface area contributed by atoms with Gasteiger partial charge in [-0.2, -0.15) is 10.2 Å². The quantitative estimate of drug-likeness (QED) is 0.420. The fraction of sp³-hybridized carbons (Fsp3) is 0.333. The molecule has 1 N–H and O–H groups in total. The number of pyridine rings is 1. The van der Waals surface area contributed by atoms with E-state index in [2.05, 4.69) is 52.3 Å². The minimum atomic E-state index is -0.0943. The Labute approximate surface area is 192 Å². The number of nitrogens with one attached hydrogen (secondary N) is 1. The Balaban J connectivity index is 1.72. The normalized spacial score (nSPS) is 12.5. The number of H-pyrrole nitrogens is 1. The van der Waals surface area contributed by atoms with Gasteiger partial charge in [0.1, 0.15) is 12.2 Å². The molecule has 166 valence electrons. The number of aromatic nitrogens is 5. The van der Waals surface area contributed by atoms with Gasteiger partial charge in [-0.25, -0.2) is 9.50 Å². The molecule has 1 aromatic carbocycles. The summed E-state index contributed by atoms with van der Waals surface area (Å²) in [5.41, 5.74) is 8.06. The van der Waals surface area contributed by atoms with Crippen LogP contribution < -0.4 is 0 Å². The van der Waals surface area contributed by atoms with Crippen molar-refractivity contribution in [1.29, 1.82) is 0 Å². The summed E-state index contributed by atoms with van der Waals surface area (Å²) in [5.74, 6) is 0.146. The van der Waals surface area contributed by atoms with Crippen molar-refractivity contribution < 1.29 is 4.79 Å². The van der Waals surface area contributed by atoms with Crippen LogP contribution in [-0.4, -0.2) is 48.5 Å². The van der Waals surface area contributed by atoms with Crippen LogP contribution in [0.4, 0.5) is 0 Å². The number of nitrogens with zero attached hydrogens (tertiary/aromatic N) is 5. The van der Waals surface area contributed by atoms with Gasteiger partial charge in [0.2, 0.25) is 5.91 Å². The van der Waals surface area contributed by atoms with E-state index in [1.165, 1.54) is 0 Å². The second-order valence-electron chi connectivity index (χ2n) is 8.39. The average Bonchev–Trinajstić information content (AvgIpc) is 3.45. The number of halogens is 1. The van der Waals surface area contributed by atoms with Gasteiger partial charge >= 0.3 is 0 Å². The highest BCUT2D eigenvalue weighted by atomic mass is 35.5. The highest BCUT2D eigenvalue weighted by Crippen LogP contribution is 2.36. The third kappa shape index (κ3) is 3.88. The zero-order valence-corrected chi connectivity index (χ0v) is 19.7. The van der Waals surface area contributed by atoms with Crippen molar-refractivity contribution in [3.8, 4) is 22.5 Å². The molecule has 0 aliphatic heterocycles. The summed E-state index contributed by atoms with van der Waals surface area (Å²) in [6.45, 7) is 8.36. The number of amides is 1. The summed E-state index contributed by atoms with van der Waals surface area (Å²) in [6, 6.07) is 10.3. The van der Waals surface area contributed by atoms with Gasteiger partial charge in [0.05, 0.1) is 17.4 Å². The minimum absolute atomic E-state index is 0.0204. The highest BCUT2D eigenvalue weighted by Gasteiger charge is 2.21. The first-order valence-corrected chi connectivity index (χ1v) is 11.2. The lowest BCUT2D eigenvalue weighted by atomic mass is 9.93. The SMILES string of the molecule is Cc1cc(-c2n[nH]c(-c3ccc(C(C)N(C)C(=O)CCl)cc3)c2C(C)C)cn2ncnc12. The van der Waals surface area contributed by atoms with Gasteiger partial charge < -0.3 is 4.90 Å². The summed E-state index contributed by atoms with van der Waals surface area (Å²) in [5, 5.41) is 12.2. The van der Waals surface area contributed by atoms with E-state index in [1.54, 1.807) is 22.8 Å². The standard InChI is InChI=1S/C24H27ClN6O/c1-14(2)21-22(18-8-6-17(7-9-18)16(4)30(5)20(32)11-25)28-29-23(21)19-10-15(3)24-26-13-27-31(24)12-19/h6-10,12-14,16H,11H2,1-5H3,(H,28,29). The molecular formula is C24H27ClN6O. The Morgan fingerprint density at radius 2 is 1.91 bits per heavy atom. The van der Waals surface area contributed by atoms with Crippen LogP contribution in [0.25, 0.3) is 28.2 Å². The number of benzene rings is 1. The van der Waals surface area contributed by atoms with E-state index < -0.39 is 0 Å². The van der Waals surface area contributed by atoms with Gasteiger partial charge in [0.15, 0.2) is 5.65 Å². The Morgan fingerprint density at radius 3 is 2.56 bits per heavy atom. The predicted octanol–water partition coefficient (Wildman–Crippen LogP) is 4.98. The number of carbonyl (C=O) groups is 1. The molecule has 0 radical (unpaired) electrons. The third-order valence-electron chi connectivity index (χ3n) is 5.98. The smallest absolute Gasteiger partial charge is 0.237 e. The molecule has 1 atom stereocenters. The molecule has 3 heterocycles. The van der Waals surface area contributed by atoms with E-state index in [0.29, 0.717) is 0 Å². The Morgan fingerprint density at radius 1 is 1.19 bits per heavy atom. The number of alkyl halides is 1. The van der Waals surface area contributed by atoms with Crippen LogP contribution in [0.2, 0.25) is 0 Å². The number of hydrogen-bond donors (Lipinski definition) is 1. The van der Waals surface area contributed by atoms with Gasteiger partial charge in [-0.15, -0.1) is 11.6 Å². The van der Waals surface area contributed by atoms with Crippen LogP contribution in [-0.2, 0) is 4.79 Å². The molecule has 3 aromatic heterocycles. The van der Waals surface area contributed by atoms with E-state index in [-0.39, 0.29) is 23.7 Å². The Hall–Kier alpha value is -3.19. The first-order valence-electron chi connectivity index (χ1n) is 10.6. The van der Waals surface area contributed by atoms with E-state index in [9.17, 15) is 4.79 Å². The second kappa shape index (κ2) is 8.74. The number of hydrogen-bond acceptors (Lipinski definition) is 4. The van der Waals surface area contributed by atoms with Crippen molar-refractivity contribution in [2.45, 2.75) is 39.7 Å². The monoisotopic (exact) mass is 450 g/mol. The third-order valence-corrected chi connectivity index (χ3v) is 6.21. The maximum absolute atomic E-state index is 11.9. The molecule has 0 spiro atoms. The van der Waals surface area contributed by atoms with Crippen molar-refractivity contribution in [2.75, 3.05) is 12.9 Å². The number of aryl methyl sites for hydroxylation is 1. The van der Waals surface area contributed by atoms with Crippen molar-refractivity contribution in [1.82, 2.24) is 29.7 Å². The summed E-state index contributed by atoms with van der Waals surface area (Å²) in [6.07, 6.45) is 3.53. The summed E-state index contributed by atoms with van der Waals surface area (Å²) < 4.78 is 1.79. The summed E-state index contributed by atoms with van der Waals surface area (Å²) in [7, 11) is 1.77. The van der Waals surface area contributed by atoms with E-state index in [0.717, 1.165) is 44.9 Å². The van der Waals surface area contributed by atoms with Crippen LogP contribution in [0.3, 0.4) is 0 Å². The zero-order chi connectivity index (χ0) is 23.0. The van der Waals surface area contributed by atoms with Crippen molar-refractivity contribution in [3.63, 3.8) is 0 Å². The van der Waals surface area contributed by atoms with Crippen LogP contribution in [0, 0.1) is 6.92 Å². The molecule has 1 amide bonds. The predicted molar refractivity (Wildman–Crippen MR) is 127 cm³/mol. The summed E-state index contributed by atoms with van der Waals surface area (Å²) >= 11 is 5.71. The van der Waals surface area contributed by atoms with Crippen molar-refractivity contribution in [3.05, 3.63) is 59.5 Å². The van der Waals surface area contributed by atoms with Crippen molar-refractivity contribution in [2.24, 2.45) is 0 Å². The largest absolute Gasteiger partial charge is 0.338 e. The molecule has 4 rings (SSSR count). The van der Waals surface area contributed by atoms with Gasteiger partial charge in [0, 0.05) is 24.4 Å². The van der Waals surface area contributed by atoms with Gasteiger partial charge in [-0.1, -0.05) is 38.1 Å². The first-order chi connectivity index (χ1) is 15.3. The fourth-order valence-corrected chi connectivity index (χ4v) is 4.23. The first kappa shape index (κ1) is 22.0. The number of rotatable bonds is 6. The molecule has 0 saturated carbocycles. The minimum Gasteiger partial charge on any atom is -0.338 e. The lowest BCUT2D eigenvalue weighted by Crippen LogP contribution is -2.30. The van der Waals surface area contributed by atoms with Crippen LogP contribution in [0.15, 0.2) is 42.9 Å². The van der Waals surface area contributed by atoms with Crippen LogP contribution >= 0.6 is 11.6 Å². The maximum atomic E-state index is 11.9. The molecule has 8 heteroatoms. The topological polar surface area (TPSA) is 79.2 Å². The van der Waals surface area contributed by atoms with Crippen LogP contribution in [0.1, 0.15) is 49.4 Å². The molecule has 32 heavy (non-hydrogen) atoms. The van der Waals surface area contributed by atoms with Crippen LogP contribution in [0.5, 0.6) is 0 Å². The molecule has 1 unspecified atom stereocenters. The number of carbonyl (C=O) groups excluding carboxylic acids is 1. The molecule has 0 bridgehead atoms. The molecule has 0 fully saturated rings. The molecule has 0 aliphatic carbocycles. The van der Waals surface area contributed by atoms with Crippen molar-refractivity contribution >= 4 is 23.2 Å². The van der Waals surface area contributed by atoms with E-state index in [4.69, 9.17) is 11.6 Å². The van der Waals surface area contributed by atoms with Gasteiger partial charge in [-0.05, 0) is 42.5 Å². The number of fused-ring (bicyclic) bond motifs is 1. The zero-order valence-electron chi connectivity index (χ0n) is 18.9. The molecule has 7 nitrogen and oxygen atoms in total. The molecule has 0 saturated heterocycles. The second-order valence-corrected chi connectivity index (χ2v) is 8.66. The number of aromatic amines is 1. The van der Waals surface area contributed by atoms with E-state index >= 15 is 0 Å².